The van der Waals surface area contributed by atoms with Gasteiger partial charge in [-0.2, -0.15) is 0 Å². The zero-order valence-electron chi connectivity index (χ0n) is 10.3. The second kappa shape index (κ2) is 9.15. The molecular formula is C11H21NO4. The first-order chi connectivity index (χ1) is 7.65. The van der Waals surface area contributed by atoms with Crippen LogP contribution in [0.15, 0.2) is 0 Å². The van der Waals surface area contributed by atoms with Gasteiger partial charge in [0.1, 0.15) is 0 Å². The van der Waals surface area contributed by atoms with Gasteiger partial charge >= 0.3 is 5.97 Å². The molecule has 0 aliphatic rings. The monoisotopic (exact) mass is 231 g/mol. The van der Waals surface area contributed by atoms with Crippen molar-refractivity contribution in [3.63, 3.8) is 0 Å². The number of amides is 1. The van der Waals surface area contributed by atoms with E-state index >= 15 is 0 Å². The Kier molecular flexibility index (Phi) is 8.52. The third-order valence-electron chi connectivity index (χ3n) is 2.29. The lowest BCUT2D eigenvalue weighted by Crippen LogP contribution is -2.33. The maximum absolute atomic E-state index is 11.7. The Labute approximate surface area is 96.7 Å². The van der Waals surface area contributed by atoms with E-state index in [2.05, 4.69) is 4.74 Å². The molecule has 0 bridgehead atoms. The van der Waals surface area contributed by atoms with Crippen LogP contribution in [0.3, 0.4) is 0 Å². The summed E-state index contributed by atoms with van der Waals surface area (Å²) >= 11 is 0. The van der Waals surface area contributed by atoms with Crippen molar-refractivity contribution in [1.29, 1.82) is 0 Å². The largest absolute Gasteiger partial charge is 0.469 e. The number of ether oxygens (including phenoxy) is 2. The summed E-state index contributed by atoms with van der Waals surface area (Å²) in [5, 5.41) is 0. The maximum atomic E-state index is 11.7. The first-order valence-electron chi connectivity index (χ1n) is 5.49. The summed E-state index contributed by atoms with van der Waals surface area (Å²) in [6, 6.07) is 0. The lowest BCUT2D eigenvalue weighted by Gasteiger charge is -2.20. The summed E-state index contributed by atoms with van der Waals surface area (Å²) in [5.74, 6) is -0.230. The summed E-state index contributed by atoms with van der Waals surface area (Å²) in [7, 11) is 2.96. The van der Waals surface area contributed by atoms with Gasteiger partial charge in [0.15, 0.2) is 0 Å². The van der Waals surface area contributed by atoms with Crippen LogP contribution in [-0.2, 0) is 19.1 Å². The van der Waals surface area contributed by atoms with E-state index in [-0.39, 0.29) is 18.3 Å². The van der Waals surface area contributed by atoms with Crippen molar-refractivity contribution >= 4 is 11.9 Å². The number of carbonyl (C=O) groups is 2. The number of carbonyl (C=O) groups excluding carboxylic acids is 2. The number of rotatable bonds is 8. The van der Waals surface area contributed by atoms with Gasteiger partial charge < -0.3 is 14.4 Å². The molecule has 0 aliphatic heterocycles. The molecule has 16 heavy (non-hydrogen) atoms. The van der Waals surface area contributed by atoms with Crippen molar-refractivity contribution < 1.29 is 19.1 Å². The molecular weight excluding hydrogens is 210 g/mol. The Hall–Kier alpha value is -1.10. The number of hydrogen-bond acceptors (Lipinski definition) is 4. The molecule has 0 aromatic rings. The molecule has 0 fully saturated rings. The second-order valence-corrected chi connectivity index (χ2v) is 3.40. The van der Waals surface area contributed by atoms with Gasteiger partial charge in [-0.15, -0.1) is 0 Å². The fraction of sp³-hybridized carbons (Fsp3) is 0.818. The van der Waals surface area contributed by atoms with E-state index < -0.39 is 0 Å². The van der Waals surface area contributed by atoms with Crippen LogP contribution in [0.1, 0.15) is 26.2 Å². The number of nitrogens with zero attached hydrogens (tertiary/aromatic N) is 1. The van der Waals surface area contributed by atoms with Gasteiger partial charge in [-0.25, -0.2) is 0 Å². The number of esters is 1. The summed E-state index contributed by atoms with van der Waals surface area (Å²) in [5.41, 5.74) is 0. The number of methoxy groups -OCH3 is 2. The van der Waals surface area contributed by atoms with Gasteiger partial charge in [-0.1, -0.05) is 0 Å². The molecule has 5 heteroatoms. The highest BCUT2D eigenvalue weighted by Gasteiger charge is 2.12. The van der Waals surface area contributed by atoms with Crippen LogP contribution in [0.2, 0.25) is 0 Å². The highest BCUT2D eigenvalue weighted by Crippen LogP contribution is 2.00. The topological polar surface area (TPSA) is 55.8 Å². The third-order valence-corrected chi connectivity index (χ3v) is 2.29. The number of hydrogen-bond donors (Lipinski definition) is 0. The molecule has 0 saturated carbocycles. The molecule has 94 valence electrons. The van der Waals surface area contributed by atoms with E-state index in [9.17, 15) is 9.59 Å². The Morgan fingerprint density at radius 2 is 1.88 bits per heavy atom. The van der Waals surface area contributed by atoms with E-state index in [1.165, 1.54) is 7.11 Å². The minimum absolute atomic E-state index is 0.0588. The molecule has 0 aliphatic carbocycles. The van der Waals surface area contributed by atoms with Crippen LogP contribution in [-0.4, -0.2) is 50.7 Å². The average molecular weight is 231 g/mol. The van der Waals surface area contributed by atoms with Gasteiger partial charge in [0.2, 0.25) is 5.91 Å². The van der Waals surface area contributed by atoms with Crippen molar-refractivity contribution in [1.82, 2.24) is 4.90 Å². The smallest absolute Gasteiger partial charge is 0.307 e. The minimum Gasteiger partial charge on any atom is -0.469 e. The predicted octanol–water partition coefficient (Wildman–Crippen LogP) is 0.825. The third kappa shape index (κ3) is 6.40. The fourth-order valence-electron chi connectivity index (χ4n) is 1.31. The van der Waals surface area contributed by atoms with Gasteiger partial charge in [0.05, 0.1) is 13.5 Å². The molecule has 0 aromatic heterocycles. The Morgan fingerprint density at radius 3 is 2.38 bits per heavy atom. The van der Waals surface area contributed by atoms with Gasteiger partial charge in [0, 0.05) is 33.2 Å². The van der Waals surface area contributed by atoms with E-state index in [1.54, 1.807) is 12.0 Å². The van der Waals surface area contributed by atoms with E-state index in [0.29, 0.717) is 32.5 Å². The molecule has 0 N–H and O–H groups in total. The first-order valence-corrected chi connectivity index (χ1v) is 5.49. The fourth-order valence-corrected chi connectivity index (χ4v) is 1.31. The zero-order valence-corrected chi connectivity index (χ0v) is 10.3. The van der Waals surface area contributed by atoms with Crippen molar-refractivity contribution in [2.75, 3.05) is 33.9 Å². The standard InChI is InChI=1S/C11H21NO4/c1-4-12(8-7-11(14)16-3)10(13)6-5-9-15-2/h4-9H2,1-3H3. The van der Waals surface area contributed by atoms with E-state index in [0.717, 1.165) is 0 Å². The van der Waals surface area contributed by atoms with Crippen LogP contribution in [0.25, 0.3) is 0 Å². The SMILES string of the molecule is CCN(CCC(=O)OC)C(=O)CCCOC. The molecule has 1 amide bonds. The molecule has 5 nitrogen and oxygen atoms in total. The average Bonchev–Trinajstić information content (AvgIpc) is 2.29. The van der Waals surface area contributed by atoms with E-state index in [1.807, 2.05) is 6.92 Å². The van der Waals surface area contributed by atoms with Crippen LogP contribution < -0.4 is 0 Å². The van der Waals surface area contributed by atoms with Crippen LogP contribution in [0, 0.1) is 0 Å². The Bertz CT molecular complexity index is 218. The highest BCUT2D eigenvalue weighted by molar-refractivity contribution is 5.77. The molecule has 0 saturated heterocycles. The van der Waals surface area contributed by atoms with Crippen LogP contribution in [0.4, 0.5) is 0 Å². The van der Waals surface area contributed by atoms with Crippen LogP contribution >= 0.6 is 0 Å². The van der Waals surface area contributed by atoms with Crippen molar-refractivity contribution in [3.05, 3.63) is 0 Å². The lowest BCUT2D eigenvalue weighted by atomic mass is 10.2. The minimum atomic E-state index is -0.289. The van der Waals surface area contributed by atoms with Crippen molar-refractivity contribution in [2.45, 2.75) is 26.2 Å². The maximum Gasteiger partial charge on any atom is 0.307 e. The first kappa shape index (κ1) is 14.9. The van der Waals surface area contributed by atoms with Crippen molar-refractivity contribution in [3.8, 4) is 0 Å². The summed E-state index contributed by atoms with van der Waals surface area (Å²) in [6.45, 7) is 3.52. The normalized spacial score (nSPS) is 9.94. The zero-order chi connectivity index (χ0) is 12.4. The molecule has 0 atom stereocenters. The predicted molar refractivity (Wildman–Crippen MR) is 60.0 cm³/mol. The quantitative estimate of drug-likeness (QED) is 0.458. The van der Waals surface area contributed by atoms with Gasteiger partial charge in [0.25, 0.3) is 0 Å². The summed E-state index contributed by atoms with van der Waals surface area (Å²) in [4.78, 5) is 24.3. The van der Waals surface area contributed by atoms with E-state index in [4.69, 9.17) is 4.74 Å². The Balaban J connectivity index is 3.87. The molecule has 0 spiro atoms. The van der Waals surface area contributed by atoms with Gasteiger partial charge in [-0.05, 0) is 13.3 Å². The molecule has 0 unspecified atom stereocenters. The summed E-state index contributed by atoms with van der Waals surface area (Å²) < 4.78 is 9.40. The molecule has 0 rings (SSSR count). The second-order valence-electron chi connectivity index (χ2n) is 3.40. The van der Waals surface area contributed by atoms with Gasteiger partial charge in [-0.3, -0.25) is 9.59 Å². The van der Waals surface area contributed by atoms with Crippen LogP contribution in [0.5, 0.6) is 0 Å². The Morgan fingerprint density at radius 1 is 1.19 bits per heavy atom. The summed E-state index contributed by atoms with van der Waals surface area (Å²) in [6.07, 6.45) is 1.42. The highest BCUT2D eigenvalue weighted by atomic mass is 16.5. The molecule has 0 radical (unpaired) electrons. The molecule has 0 heterocycles. The lowest BCUT2D eigenvalue weighted by molar-refractivity contribution is -0.141. The molecule has 0 aromatic carbocycles. The van der Waals surface area contributed by atoms with Crippen molar-refractivity contribution in [2.24, 2.45) is 0 Å².